The summed E-state index contributed by atoms with van der Waals surface area (Å²) < 4.78 is 10.6. The van der Waals surface area contributed by atoms with Gasteiger partial charge in [0.25, 0.3) is 0 Å². The molecule has 1 aliphatic heterocycles. The highest BCUT2D eigenvalue weighted by Crippen LogP contribution is 2.26. The summed E-state index contributed by atoms with van der Waals surface area (Å²) in [6.45, 7) is 2.92. The van der Waals surface area contributed by atoms with E-state index in [-0.39, 0.29) is 0 Å². The quantitative estimate of drug-likeness (QED) is 0.854. The summed E-state index contributed by atoms with van der Waals surface area (Å²) in [6.07, 6.45) is 1.08. The maximum Gasteiger partial charge on any atom is 0.127 e. The average Bonchev–Trinajstić information content (AvgIpc) is 2.75. The second-order valence-corrected chi connectivity index (χ2v) is 4.46. The molecule has 0 bridgehead atoms. The van der Waals surface area contributed by atoms with Gasteiger partial charge in [-0.2, -0.15) is 0 Å². The van der Waals surface area contributed by atoms with E-state index < -0.39 is 0 Å². The minimum Gasteiger partial charge on any atom is -0.497 e. The number of hydrogen-bond acceptors (Lipinski definition) is 4. The number of rotatable bonds is 4. The summed E-state index contributed by atoms with van der Waals surface area (Å²) in [4.78, 5) is 2.36. The Bertz CT molecular complexity index is 382. The van der Waals surface area contributed by atoms with E-state index in [1.807, 2.05) is 12.1 Å². The average molecular weight is 236 g/mol. The smallest absolute Gasteiger partial charge is 0.127 e. The molecule has 0 aromatic heterocycles. The Labute approximate surface area is 102 Å². The molecule has 1 aromatic rings. The molecule has 0 amide bonds. The van der Waals surface area contributed by atoms with Gasteiger partial charge in [0.05, 0.1) is 14.2 Å². The van der Waals surface area contributed by atoms with Crippen molar-refractivity contribution in [2.45, 2.75) is 19.0 Å². The topological polar surface area (TPSA) is 47.7 Å². The number of benzene rings is 1. The van der Waals surface area contributed by atoms with Gasteiger partial charge in [-0.25, -0.2) is 0 Å². The van der Waals surface area contributed by atoms with E-state index in [9.17, 15) is 0 Å². The highest BCUT2D eigenvalue weighted by atomic mass is 16.5. The molecular formula is C13H20N2O2. The predicted molar refractivity (Wildman–Crippen MR) is 67.4 cm³/mol. The number of likely N-dealkylation sites (tertiary alicyclic amines) is 1. The van der Waals surface area contributed by atoms with E-state index in [1.165, 1.54) is 5.56 Å². The highest BCUT2D eigenvalue weighted by molar-refractivity contribution is 5.40. The molecule has 0 radical (unpaired) electrons. The van der Waals surface area contributed by atoms with E-state index in [4.69, 9.17) is 15.2 Å². The van der Waals surface area contributed by atoms with Crippen molar-refractivity contribution in [3.63, 3.8) is 0 Å². The third kappa shape index (κ3) is 2.90. The van der Waals surface area contributed by atoms with Gasteiger partial charge in [-0.1, -0.05) is 6.07 Å². The Kier molecular flexibility index (Phi) is 3.86. The summed E-state index contributed by atoms with van der Waals surface area (Å²) >= 11 is 0. The van der Waals surface area contributed by atoms with E-state index in [0.717, 1.165) is 37.6 Å². The first kappa shape index (κ1) is 12.2. The number of nitrogens with zero attached hydrogens (tertiary/aromatic N) is 1. The van der Waals surface area contributed by atoms with Crippen LogP contribution in [0.3, 0.4) is 0 Å². The fraction of sp³-hybridized carbons (Fsp3) is 0.538. The summed E-state index contributed by atoms with van der Waals surface area (Å²) in [6, 6.07) is 6.26. The molecule has 1 aromatic carbocycles. The van der Waals surface area contributed by atoms with Crippen LogP contribution in [-0.2, 0) is 6.54 Å². The van der Waals surface area contributed by atoms with Gasteiger partial charge in [0, 0.05) is 37.3 Å². The standard InChI is InChI=1S/C13H20N2O2/c1-16-12-4-3-10(13(7-12)17-2)8-15-6-5-11(14)9-15/h3-4,7,11H,5-6,8-9,14H2,1-2H3. The Morgan fingerprint density at radius 3 is 2.76 bits per heavy atom. The van der Waals surface area contributed by atoms with Crippen molar-refractivity contribution in [1.82, 2.24) is 4.90 Å². The van der Waals surface area contributed by atoms with Crippen LogP contribution in [0, 0.1) is 0 Å². The lowest BCUT2D eigenvalue weighted by molar-refractivity contribution is 0.316. The van der Waals surface area contributed by atoms with Crippen LogP contribution in [0.2, 0.25) is 0 Å². The molecule has 2 N–H and O–H groups in total. The van der Waals surface area contributed by atoms with Crippen molar-refractivity contribution < 1.29 is 9.47 Å². The minimum absolute atomic E-state index is 0.319. The fourth-order valence-electron chi connectivity index (χ4n) is 2.23. The molecule has 1 aliphatic rings. The van der Waals surface area contributed by atoms with Gasteiger partial charge < -0.3 is 15.2 Å². The SMILES string of the molecule is COc1ccc(CN2CCC(N)C2)c(OC)c1. The van der Waals surface area contributed by atoms with Gasteiger partial charge in [-0.15, -0.1) is 0 Å². The third-order valence-corrected chi connectivity index (χ3v) is 3.20. The molecule has 17 heavy (non-hydrogen) atoms. The first-order valence-electron chi connectivity index (χ1n) is 5.91. The van der Waals surface area contributed by atoms with Crippen LogP contribution < -0.4 is 15.2 Å². The van der Waals surface area contributed by atoms with Crippen LogP contribution in [0.5, 0.6) is 11.5 Å². The Hall–Kier alpha value is -1.26. The van der Waals surface area contributed by atoms with Gasteiger partial charge in [0.2, 0.25) is 0 Å². The maximum absolute atomic E-state index is 5.90. The maximum atomic E-state index is 5.90. The zero-order valence-electron chi connectivity index (χ0n) is 10.5. The normalized spacial score (nSPS) is 20.5. The monoisotopic (exact) mass is 236 g/mol. The fourth-order valence-corrected chi connectivity index (χ4v) is 2.23. The largest absolute Gasteiger partial charge is 0.497 e. The predicted octanol–water partition coefficient (Wildman–Crippen LogP) is 1.24. The lowest BCUT2D eigenvalue weighted by atomic mass is 10.2. The molecule has 4 nitrogen and oxygen atoms in total. The molecule has 1 unspecified atom stereocenters. The van der Waals surface area contributed by atoms with Crippen LogP contribution in [0.15, 0.2) is 18.2 Å². The lowest BCUT2D eigenvalue weighted by Crippen LogP contribution is -2.26. The molecule has 94 valence electrons. The molecule has 0 spiro atoms. The molecule has 0 aliphatic carbocycles. The van der Waals surface area contributed by atoms with E-state index >= 15 is 0 Å². The second kappa shape index (κ2) is 5.38. The summed E-state index contributed by atoms with van der Waals surface area (Å²) in [5.74, 6) is 1.70. The van der Waals surface area contributed by atoms with Gasteiger partial charge >= 0.3 is 0 Å². The van der Waals surface area contributed by atoms with Crippen LogP contribution in [0.25, 0.3) is 0 Å². The zero-order chi connectivity index (χ0) is 12.3. The van der Waals surface area contributed by atoms with Crippen LogP contribution >= 0.6 is 0 Å². The van der Waals surface area contributed by atoms with Gasteiger partial charge in [-0.05, 0) is 12.5 Å². The van der Waals surface area contributed by atoms with Crippen molar-refractivity contribution in [3.8, 4) is 11.5 Å². The Morgan fingerprint density at radius 2 is 2.18 bits per heavy atom. The minimum atomic E-state index is 0.319. The first-order chi connectivity index (χ1) is 8.22. The molecule has 1 atom stereocenters. The number of nitrogens with two attached hydrogens (primary N) is 1. The van der Waals surface area contributed by atoms with Crippen molar-refractivity contribution in [1.29, 1.82) is 0 Å². The van der Waals surface area contributed by atoms with Crippen molar-refractivity contribution >= 4 is 0 Å². The first-order valence-corrected chi connectivity index (χ1v) is 5.91. The molecule has 2 rings (SSSR count). The number of hydrogen-bond donors (Lipinski definition) is 1. The molecule has 1 heterocycles. The highest BCUT2D eigenvalue weighted by Gasteiger charge is 2.20. The van der Waals surface area contributed by atoms with Gasteiger partial charge in [-0.3, -0.25) is 4.90 Å². The van der Waals surface area contributed by atoms with Crippen LogP contribution in [0.1, 0.15) is 12.0 Å². The Balaban J connectivity index is 2.09. The molecular weight excluding hydrogens is 216 g/mol. The molecule has 4 heteroatoms. The van der Waals surface area contributed by atoms with Crippen molar-refractivity contribution in [2.24, 2.45) is 5.73 Å². The van der Waals surface area contributed by atoms with Gasteiger partial charge in [0.1, 0.15) is 11.5 Å². The van der Waals surface area contributed by atoms with Crippen LogP contribution in [0.4, 0.5) is 0 Å². The molecule has 1 fully saturated rings. The number of methoxy groups -OCH3 is 2. The lowest BCUT2D eigenvalue weighted by Gasteiger charge is -2.17. The van der Waals surface area contributed by atoms with Crippen LogP contribution in [-0.4, -0.2) is 38.3 Å². The van der Waals surface area contributed by atoms with E-state index in [2.05, 4.69) is 11.0 Å². The van der Waals surface area contributed by atoms with Gasteiger partial charge in [0.15, 0.2) is 0 Å². The van der Waals surface area contributed by atoms with E-state index in [1.54, 1.807) is 14.2 Å². The Morgan fingerprint density at radius 1 is 1.35 bits per heavy atom. The summed E-state index contributed by atoms with van der Waals surface area (Å²) in [7, 11) is 3.35. The third-order valence-electron chi connectivity index (χ3n) is 3.20. The van der Waals surface area contributed by atoms with E-state index in [0.29, 0.717) is 6.04 Å². The summed E-state index contributed by atoms with van der Waals surface area (Å²) in [5, 5.41) is 0. The number of ether oxygens (including phenoxy) is 2. The summed E-state index contributed by atoms with van der Waals surface area (Å²) in [5.41, 5.74) is 7.08. The van der Waals surface area contributed by atoms with Crippen molar-refractivity contribution in [3.05, 3.63) is 23.8 Å². The zero-order valence-corrected chi connectivity index (χ0v) is 10.5. The second-order valence-electron chi connectivity index (χ2n) is 4.46. The molecule has 1 saturated heterocycles. The molecule has 0 saturated carbocycles. The van der Waals surface area contributed by atoms with Crippen molar-refractivity contribution in [2.75, 3.05) is 27.3 Å².